The Bertz CT molecular complexity index is 864. The van der Waals surface area contributed by atoms with Crippen molar-refractivity contribution in [2.45, 2.75) is 32.9 Å². The summed E-state index contributed by atoms with van der Waals surface area (Å²) in [5, 5.41) is 0. The van der Waals surface area contributed by atoms with Crippen LogP contribution in [0.25, 0.3) is 0 Å². The van der Waals surface area contributed by atoms with E-state index in [1.165, 1.54) is 9.79 Å². The maximum atomic E-state index is 12.3. The molecule has 0 fully saturated rings. The molecule has 130 valence electrons. The lowest BCUT2D eigenvalue weighted by atomic mass is 10.4. The first kappa shape index (κ1) is 17.8. The third kappa shape index (κ3) is 4.14. The Morgan fingerprint density at radius 3 is 1.56 bits per heavy atom. The van der Waals surface area contributed by atoms with Gasteiger partial charge in [0.25, 0.3) is 0 Å². The predicted octanol–water partition coefficient (Wildman–Crippen LogP) is 5.35. The summed E-state index contributed by atoms with van der Waals surface area (Å²) < 4.78 is 24.5. The zero-order valence-corrected chi connectivity index (χ0v) is 15.9. The molecule has 25 heavy (non-hydrogen) atoms. The fourth-order valence-electron chi connectivity index (χ4n) is 2.79. The van der Waals surface area contributed by atoms with Gasteiger partial charge in [-0.25, -0.2) is 8.42 Å². The van der Waals surface area contributed by atoms with Crippen molar-refractivity contribution in [1.29, 1.82) is 0 Å². The highest BCUT2D eigenvalue weighted by atomic mass is 32.2. The molecule has 0 aromatic heterocycles. The van der Waals surface area contributed by atoms with E-state index in [1.807, 2.05) is 55.5 Å². The maximum Gasteiger partial charge on any atom is 0.178 e. The molecule has 0 aliphatic heterocycles. The minimum Gasteiger partial charge on any atom is -0.224 e. The second-order valence-electron chi connectivity index (χ2n) is 5.82. The Labute approximate surface area is 152 Å². The van der Waals surface area contributed by atoms with Crippen molar-refractivity contribution in [3.63, 3.8) is 0 Å². The first-order valence-corrected chi connectivity index (χ1v) is 11.3. The van der Waals surface area contributed by atoms with Crippen LogP contribution < -0.4 is 0 Å². The van der Waals surface area contributed by atoms with Gasteiger partial charge in [-0.15, -0.1) is 0 Å². The topological polar surface area (TPSA) is 34.1 Å². The van der Waals surface area contributed by atoms with Gasteiger partial charge in [0, 0.05) is 0 Å². The van der Waals surface area contributed by atoms with E-state index in [1.54, 1.807) is 12.1 Å². The van der Waals surface area contributed by atoms with Crippen molar-refractivity contribution in [3.8, 4) is 0 Å². The summed E-state index contributed by atoms with van der Waals surface area (Å²) in [5.41, 5.74) is 0. The first-order chi connectivity index (χ1) is 12.1. The monoisotopic (exact) mass is 370 g/mol. The largest absolute Gasteiger partial charge is 0.224 e. The molecule has 0 saturated carbocycles. The number of hydrogen-bond donors (Lipinski definition) is 1. The van der Waals surface area contributed by atoms with E-state index in [4.69, 9.17) is 0 Å². The van der Waals surface area contributed by atoms with Gasteiger partial charge in [0.2, 0.25) is 0 Å². The summed E-state index contributed by atoms with van der Waals surface area (Å²) in [4.78, 5) is 4.08. The molecule has 0 saturated heterocycles. The Morgan fingerprint density at radius 2 is 1.12 bits per heavy atom. The van der Waals surface area contributed by atoms with E-state index in [-0.39, 0.29) is 5.75 Å². The van der Waals surface area contributed by atoms with Crippen molar-refractivity contribution in [1.82, 2.24) is 0 Å². The molecule has 3 aromatic rings. The van der Waals surface area contributed by atoms with Gasteiger partial charge in [-0.05, 0) is 69.6 Å². The molecule has 0 atom stereocenters. The second kappa shape index (κ2) is 7.89. The van der Waals surface area contributed by atoms with Crippen LogP contribution in [0.3, 0.4) is 0 Å². The zero-order chi connectivity index (χ0) is 17.7. The fourth-order valence-corrected chi connectivity index (χ4v) is 6.40. The molecular weight excluding hydrogens is 348 g/mol. The molecule has 0 spiro atoms. The van der Waals surface area contributed by atoms with Crippen LogP contribution in [0.2, 0.25) is 0 Å². The van der Waals surface area contributed by atoms with Crippen LogP contribution in [-0.2, 0) is 9.84 Å². The maximum absolute atomic E-state index is 12.3. The number of hydrogen-bond acceptors (Lipinski definition) is 2. The minimum atomic E-state index is -3.17. The average Bonchev–Trinajstić information content (AvgIpc) is 2.64. The van der Waals surface area contributed by atoms with E-state index in [2.05, 4.69) is 24.3 Å². The van der Waals surface area contributed by atoms with E-state index >= 15 is 0 Å². The molecule has 0 aliphatic rings. The molecule has 3 aromatic carbocycles. The Kier molecular flexibility index (Phi) is 5.61. The van der Waals surface area contributed by atoms with Crippen LogP contribution in [0.5, 0.6) is 0 Å². The number of rotatable bonds is 6. The molecule has 0 radical (unpaired) electrons. The highest BCUT2D eigenvalue weighted by molar-refractivity contribution is 8.17. The van der Waals surface area contributed by atoms with Crippen LogP contribution in [0.15, 0.2) is 105 Å². The van der Waals surface area contributed by atoms with Crippen LogP contribution in [0.4, 0.5) is 0 Å². The summed E-state index contributed by atoms with van der Waals surface area (Å²) in [6.07, 6.45) is 0.630. The summed E-state index contributed by atoms with van der Waals surface area (Å²) in [5.74, 6) is 0.193. The quantitative estimate of drug-likeness (QED) is 0.594. The van der Waals surface area contributed by atoms with Gasteiger partial charge in [-0.3, -0.25) is 0 Å². The zero-order valence-electron chi connectivity index (χ0n) is 14.2. The van der Waals surface area contributed by atoms with Crippen LogP contribution in [0.1, 0.15) is 13.3 Å². The summed E-state index contributed by atoms with van der Waals surface area (Å²) in [6.45, 7) is 1.88. The molecule has 0 amide bonds. The lowest BCUT2D eigenvalue weighted by Crippen LogP contribution is -2.05. The van der Waals surface area contributed by atoms with Gasteiger partial charge < -0.3 is 0 Å². The van der Waals surface area contributed by atoms with E-state index < -0.39 is 20.7 Å². The standard InChI is InChI=1S/C21H22O2S2/c1-2-17-25(22,23)21-15-13-20(14-16-21)24(18-9-5-3-6-10-18)19-11-7-4-8-12-19/h3-16,24H,2,17H2,1H3. The van der Waals surface area contributed by atoms with Crippen LogP contribution >= 0.6 is 10.9 Å². The van der Waals surface area contributed by atoms with Gasteiger partial charge in [-0.1, -0.05) is 43.3 Å². The van der Waals surface area contributed by atoms with E-state index in [9.17, 15) is 8.42 Å². The Morgan fingerprint density at radius 1 is 0.680 bits per heavy atom. The highest BCUT2D eigenvalue weighted by Crippen LogP contribution is 2.51. The van der Waals surface area contributed by atoms with Gasteiger partial charge in [0.05, 0.1) is 10.6 Å². The molecule has 4 heteroatoms. The molecule has 0 bridgehead atoms. The molecule has 2 nitrogen and oxygen atoms in total. The molecule has 3 rings (SSSR count). The third-order valence-electron chi connectivity index (χ3n) is 3.96. The molecule has 0 aliphatic carbocycles. The van der Waals surface area contributed by atoms with Crippen molar-refractivity contribution in [3.05, 3.63) is 84.9 Å². The summed E-state index contributed by atoms with van der Waals surface area (Å²) in [7, 11) is -3.87. The first-order valence-electron chi connectivity index (χ1n) is 8.35. The number of benzene rings is 3. The fraction of sp³-hybridized carbons (Fsp3) is 0.143. The third-order valence-corrected chi connectivity index (χ3v) is 8.34. The smallest absolute Gasteiger partial charge is 0.178 e. The number of thiol groups is 1. The average molecular weight is 371 g/mol. The van der Waals surface area contributed by atoms with Crippen molar-refractivity contribution < 1.29 is 8.42 Å². The highest BCUT2D eigenvalue weighted by Gasteiger charge is 2.16. The van der Waals surface area contributed by atoms with Gasteiger partial charge in [0.15, 0.2) is 9.84 Å². The van der Waals surface area contributed by atoms with E-state index in [0.717, 1.165) is 4.90 Å². The van der Waals surface area contributed by atoms with Crippen LogP contribution in [-0.4, -0.2) is 14.2 Å². The lowest BCUT2D eigenvalue weighted by Gasteiger charge is -2.23. The Balaban J connectivity index is 2.03. The minimum absolute atomic E-state index is 0.193. The second-order valence-corrected chi connectivity index (χ2v) is 10.1. The van der Waals surface area contributed by atoms with Crippen LogP contribution in [0, 0.1) is 0 Å². The predicted molar refractivity (Wildman–Crippen MR) is 105 cm³/mol. The number of sulfone groups is 1. The molecular formula is C21H22O2S2. The molecule has 0 unspecified atom stereocenters. The SMILES string of the molecule is CCCS(=O)(=O)c1ccc([SH](c2ccccc2)c2ccccc2)cc1. The van der Waals surface area contributed by atoms with Gasteiger partial charge in [0.1, 0.15) is 0 Å². The van der Waals surface area contributed by atoms with Gasteiger partial charge >= 0.3 is 0 Å². The summed E-state index contributed by atoms with van der Waals surface area (Å²) >= 11 is 0. The summed E-state index contributed by atoms with van der Waals surface area (Å²) in [6, 6.07) is 28.2. The lowest BCUT2D eigenvalue weighted by molar-refractivity contribution is 0.594. The molecule has 0 N–H and O–H groups in total. The van der Waals surface area contributed by atoms with Crippen molar-refractivity contribution in [2.75, 3.05) is 5.75 Å². The van der Waals surface area contributed by atoms with E-state index in [0.29, 0.717) is 11.3 Å². The normalized spacial score (nSPS) is 12.0. The molecule has 0 heterocycles. The van der Waals surface area contributed by atoms with Gasteiger partial charge in [-0.2, -0.15) is 10.9 Å². The Hall–Kier alpha value is -2.04. The van der Waals surface area contributed by atoms with Crippen molar-refractivity contribution >= 4 is 20.7 Å². The van der Waals surface area contributed by atoms with Crippen molar-refractivity contribution in [2.24, 2.45) is 0 Å².